The zero-order valence-electron chi connectivity index (χ0n) is 29.2. The average Bonchev–Trinajstić information content (AvgIpc) is 3.26. The second kappa shape index (κ2) is 14.8. The highest BCUT2D eigenvalue weighted by molar-refractivity contribution is 6.13. The molecule has 0 bridgehead atoms. The van der Waals surface area contributed by atoms with Gasteiger partial charge in [-0.15, -0.1) is 0 Å². The SMILES string of the molecule is CCOC(=O)c1ccc(CCC(NC(=O)C(C)(C)NC(=O)OC(C)(C)C)C(=O)N2CCC3=NN(C)C(=O)[C@]3(Cc3ccccc3)C2)c(F)c1. The predicted molar refractivity (Wildman–Crippen MR) is 180 cm³/mol. The van der Waals surface area contributed by atoms with Gasteiger partial charge in [0.15, 0.2) is 0 Å². The Balaban J connectivity index is 1.60. The van der Waals surface area contributed by atoms with Gasteiger partial charge < -0.3 is 25.0 Å². The summed E-state index contributed by atoms with van der Waals surface area (Å²) in [6.07, 6.45) is -0.108. The lowest BCUT2D eigenvalue weighted by Gasteiger charge is -2.41. The van der Waals surface area contributed by atoms with Crippen LogP contribution in [0.4, 0.5) is 9.18 Å². The van der Waals surface area contributed by atoms with E-state index < -0.39 is 52.3 Å². The Morgan fingerprint density at radius 1 is 1.06 bits per heavy atom. The highest BCUT2D eigenvalue weighted by Crippen LogP contribution is 2.38. The largest absolute Gasteiger partial charge is 0.462 e. The Bertz CT molecular complexity index is 1620. The van der Waals surface area contributed by atoms with Gasteiger partial charge in [0, 0.05) is 26.6 Å². The molecule has 1 unspecified atom stereocenters. The van der Waals surface area contributed by atoms with Crippen molar-refractivity contribution in [3.05, 3.63) is 71.0 Å². The second-order valence-corrected chi connectivity index (χ2v) is 14.0. The van der Waals surface area contributed by atoms with E-state index in [9.17, 15) is 24.0 Å². The molecule has 1 fully saturated rings. The number of carbonyl (C=O) groups excluding carboxylic acids is 5. The van der Waals surface area contributed by atoms with E-state index in [0.29, 0.717) is 18.6 Å². The van der Waals surface area contributed by atoms with Crippen LogP contribution in [-0.2, 0) is 36.7 Å². The van der Waals surface area contributed by atoms with Crippen molar-refractivity contribution in [1.29, 1.82) is 0 Å². The predicted octanol–water partition coefficient (Wildman–Crippen LogP) is 4.01. The maximum atomic E-state index is 15.2. The summed E-state index contributed by atoms with van der Waals surface area (Å²) < 4.78 is 25.4. The van der Waals surface area contributed by atoms with Crippen molar-refractivity contribution < 1.29 is 37.8 Å². The Morgan fingerprint density at radius 3 is 2.39 bits per heavy atom. The number of hydrogen-bond donors (Lipinski definition) is 2. The number of amides is 4. The van der Waals surface area contributed by atoms with Gasteiger partial charge in [-0.1, -0.05) is 36.4 Å². The number of esters is 1. The Labute approximate surface area is 286 Å². The van der Waals surface area contributed by atoms with E-state index in [2.05, 4.69) is 15.7 Å². The molecule has 2 heterocycles. The third-order valence-corrected chi connectivity index (χ3v) is 8.52. The molecular formula is C36H46FN5O7. The van der Waals surface area contributed by atoms with Crippen LogP contribution in [0.25, 0.3) is 0 Å². The molecule has 0 aromatic heterocycles. The molecule has 49 heavy (non-hydrogen) atoms. The van der Waals surface area contributed by atoms with Crippen molar-refractivity contribution in [3.8, 4) is 0 Å². The van der Waals surface area contributed by atoms with Gasteiger partial charge in [0.05, 0.1) is 17.9 Å². The maximum absolute atomic E-state index is 15.2. The number of nitrogens with one attached hydrogen (secondary N) is 2. The molecule has 2 N–H and O–H groups in total. The Kier molecular flexibility index (Phi) is 11.1. The van der Waals surface area contributed by atoms with Crippen molar-refractivity contribution >= 4 is 35.5 Å². The molecule has 2 aromatic carbocycles. The van der Waals surface area contributed by atoms with Gasteiger partial charge >= 0.3 is 12.1 Å². The van der Waals surface area contributed by atoms with Crippen LogP contribution in [0.15, 0.2) is 53.6 Å². The number of benzene rings is 2. The van der Waals surface area contributed by atoms with Gasteiger partial charge in [-0.2, -0.15) is 5.10 Å². The van der Waals surface area contributed by atoms with Crippen LogP contribution < -0.4 is 10.6 Å². The van der Waals surface area contributed by atoms with Crippen LogP contribution in [-0.4, -0.2) is 89.3 Å². The number of hydrogen-bond acceptors (Lipinski definition) is 8. The quantitative estimate of drug-likeness (QED) is 0.341. The number of ether oxygens (including phenoxy) is 2. The molecule has 4 amide bonds. The number of carbonyl (C=O) groups is 5. The van der Waals surface area contributed by atoms with E-state index in [1.807, 2.05) is 30.3 Å². The van der Waals surface area contributed by atoms with Crippen LogP contribution in [0.1, 0.15) is 75.9 Å². The van der Waals surface area contributed by atoms with Gasteiger partial charge in [-0.05, 0) is 84.1 Å². The molecule has 0 saturated carbocycles. The molecule has 2 aromatic rings. The number of fused-ring (bicyclic) bond motifs is 1. The molecule has 2 atom stereocenters. The van der Waals surface area contributed by atoms with Gasteiger partial charge in [0.2, 0.25) is 11.8 Å². The molecule has 13 heteroatoms. The van der Waals surface area contributed by atoms with E-state index in [0.717, 1.165) is 11.6 Å². The monoisotopic (exact) mass is 679 g/mol. The van der Waals surface area contributed by atoms with Crippen molar-refractivity contribution in [2.24, 2.45) is 10.5 Å². The lowest BCUT2D eigenvalue weighted by molar-refractivity contribution is -0.142. The summed E-state index contributed by atoms with van der Waals surface area (Å²) >= 11 is 0. The van der Waals surface area contributed by atoms with Crippen LogP contribution in [0.5, 0.6) is 0 Å². The number of aryl methyl sites for hydroxylation is 1. The number of halogens is 1. The molecular weight excluding hydrogens is 633 g/mol. The first kappa shape index (κ1) is 37.0. The van der Waals surface area contributed by atoms with E-state index in [1.165, 1.54) is 31.0 Å². The fourth-order valence-electron chi connectivity index (χ4n) is 6.04. The Morgan fingerprint density at radius 2 is 1.76 bits per heavy atom. The standard InChI is InChI=1S/C36H46FN5O7/c1-8-48-30(44)25-15-14-24(26(37)20-25)16-17-27(38-31(45)35(5,6)39-33(47)49-34(2,3)4)29(43)42-19-18-28-36(22-42,32(46)41(7)40-28)21-23-12-10-9-11-13-23/h9-15,20,27H,8,16-19,21-22H2,1-7H3,(H,38,45)(H,39,47)/t27?,36-/m1/s1. The zero-order valence-corrected chi connectivity index (χ0v) is 29.2. The number of rotatable bonds is 11. The molecule has 0 radical (unpaired) electrons. The summed E-state index contributed by atoms with van der Waals surface area (Å²) in [5.74, 6) is -2.66. The van der Waals surface area contributed by atoms with Crippen molar-refractivity contribution in [2.75, 3.05) is 26.7 Å². The average molecular weight is 680 g/mol. The topological polar surface area (TPSA) is 147 Å². The van der Waals surface area contributed by atoms with Crippen LogP contribution in [0, 0.1) is 11.2 Å². The molecule has 0 aliphatic carbocycles. The molecule has 0 spiro atoms. The van der Waals surface area contributed by atoms with Crippen LogP contribution >= 0.6 is 0 Å². The number of hydrazone groups is 1. The molecule has 264 valence electrons. The number of nitrogens with zero attached hydrogens (tertiary/aromatic N) is 3. The van der Waals surface area contributed by atoms with E-state index in [-0.39, 0.29) is 49.6 Å². The zero-order chi connectivity index (χ0) is 36.1. The molecule has 2 aliphatic heterocycles. The molecule has 4 rings (SSSR count). The first-order valence-electron chi connectivity index (χ1n) is 16.4. The normalized spacial score (nSPS) is 18.3. The fourth-order valence-corrected chi connectivity index (χ4v) is 6.04. The van der Waals surface area contributed by atoms with E-state index >= 15 is 4.39 Å². The van der Waals surface area contributed by atoms with E-state index in [4.69, 9.17) is 9.47 Å². The van der Waals surface area contributed by atoms with Gasteiger partial charge in [0.1, 0.15) is 28.4 Å². The van der Waals surface area contributed by atoms with Crippen LogP contribution in [0.3, 0.4) is 0 Å². The summed E-state index contributed by atoms with van der Waals surface area (Å²) in [6, 6.07) is 12.3. The first-order chi connectivity index (χ1) is 23.0. The third-order valence-electron chi connectivity index (χ3n) is 8.52. The van der Waals surface area contributed by atoms with Crippen molar-refractivity contribution in [3.63, 3.8) is 0 Å². The second-order valence-electron chi connectivity index (χ2n) is 14.0. The van der Waals surface area contributed by atoms with Crippen molar-refractivity contribution in [2.45, 2.75) is 84.4 Å². The van der Waals surface area contributed by atoms with Gasteiger partial charge in [-0.3, -0.25) is 14.4 Å². The maximum Gasteiger partial charge on any atom is 0.408 e. The highest BCUT2D eigenvalue weighted by atomic mass is 19.1. The minimum absolute atomic E-state index is 0.0141. The van der Waals surface area contributed by atoms with Gasteiger partial charge in [-0.25, -0.2) is 19.0 Å². The minimum Gasteiger partial charge on any atom is -0.462 e. The summed E-state index contributed by atoms with van der Waals surface area (Å²) in [6.45, 7) is 10.1. The van der Waals surface area contributed by atoms with Gasteiger partial charge in [0.25, 0.3) is 5.91 Å². The van der Waals surface area contributed by atoms with E-state index in [1.54, 1.807) is 39.6 Å². The summed E-state index contributed by atoms with van der Waals surface area (Å²) in [5, 5.41) is 11.2. The number of alkyl carbamates (subject to hydrolysis) is 1. The summed E-state index contributed by atoms with van der Waals surface area (Å²) in [4.78, 5) is 67.9. The summed E-state index contributed by atoms with van der Waals surface area (Å²) in [5.41, 5.74) is -1.49. The number of likely N-dealkylation sites (tertiary alicyclic amines) is 1. The summed E-state index contributed by atoms with van der Waals surface area (Å²) in [7, 11) is 1.59. The lowest BCUT2D eigenvalue weighted by atomic mass is 9.73. The third kappa shape index (κ3) is 8.81. The lowest BCUT2D eigenvalue weighted by Crippen LogP contribution is -2.62. The number of piperidine rings is 1. The highest BCUT2D eigenvalue weighted by Gasteiger charge is 2.54. The van der Waals surface area contributed by atoms with Crippen molar-refractivity contribution in [1.82, 2.24) is 20.5 Å². The first-order valence-corrected chi connectivity index (χ1v) is 16.4. The smallest absolute Gasteiger partial charge is 0.408 e. The molecule has 12 nitrogen and oxygen atoms in total. The van der Waals surface area contributed by atoms with Crippen LogP contribution in [0.2, 0.25) is 0 Å². The molecule has 2 aliphatic rings. The fraction of sp³-hybridized carbons (Fsp3) is 0.500. The Hall–Kier alpha value is -4.81. The molecule has 1 saturated heterocycles. The minimum atomic E-state index is -1.49.